The van der Waals surface area contributed by atoms with Gasteiger partial charge in [0, 0.05) is 6.61 Å². The second kappa shape index (κ2) is 6.83. The molecule has 0 aromatic heterocycles. The average Bonchev–Trinajstić information content (AvgIpc) is 2.25. The lowest BCUT2D eigenvalue weighted by Crippen LogP contribution is -2.25. The van der Waals surface area contributed by atoms with Crippen LogP contribution in [0.25, 0.3) is 0 Å². The summed E-state index contributed by atoms with van der Waals surface area (Å²) in [6, 6.07) is 0. The van der Waals surface area contributed by atoms with E-state index in [2.05, 4.69) is 0 Å². The third kappa shape index (κ3) is 4.20. The molecule has 2 N–H and O–H groups in total. The van der Waals surface area contributed by atoms with E-state index in [1.54, 1.807) is 0 Å². The van der Waals surface area contributed by atoms with Crippen LogP contribution in [0, 0.1) is 11.8 Å². The maximum Gasteiger partial charge on any atom is 0.306 e. The van der Waals surface area contributed by atoms with E-state index in [1.807, 2.05) is 0 Å². The van der Waals surface area contributed by atoms with E-state index < -0.39 is 5.97 Å². The fourth-order valence-electron chi connectivity index (χ4n) is 2.57. The Morgan fingerprint density at radius 1 is 1.20 bits per heavy atom. The molecule has 3 nitrogen and oxygen atoms in total. The van der Waals surface area contributed by atoms with Gasteiger partial charge >= 0.3 is 5.97 Å². The monoisotopic (exact) mass is 214 g/mol. The molecule has 0 spiro atoms. The van der Waals surface area contributed by atoms with Crippen LogP contribution in [-0.2, 0) is 4.79 Å². The van der Waals surface area contributed by atoms with Crippen molar-refractivity contribution < 1.29 is 15.0 Å². The second-order valence-electron chi connectivity index (χ2n) is 4.56. The Morgan fingerprint density at radius 3 is 2.40 bits per heavy atom. The van der Waals surface area contributed by atoms with Crippen LogP contribution >= 0.6 is 0 Å². The van der Waals surface area contributed by atoms with Gasteiger partial charge in [-0.05, 0) is 31.6 Å². The summed E-state index contributed by atoms with van der Waals surface area (Å²) < 4.78 is 0. The van der Waals surface area contributed by atoms with Gasteiger partial charge in [0.15, 0.2) is 0 Å². The number of carboxylic acids is 1. The molecule has 88 valence electrons. The number of unbranched alkanes of at least 4 members (excludes halogenated alkanes) is 1. The molecule has 0 bridgehead atoms. The molecule has 0 radical (unpaired) electrons. The molecule has 0 aromatic rings. The molecule has 1 aliphatic rings. The summed E-state index contributed by atoms with van der Waals surface area (Å²) in [5.74, 6) is -0.424. The first-order chi connectivity index (χ1) is 7.25. The minimum Gasteiger partial charge on any atom is -0.481 e. The van der Waals surface area contributed by atoms with E-state index in [0.717, 1.165) is 32.1 Å². The fourth-order valence-corrected chi connectivity index (χ4v) is 2.57. The van der Waals surface area contributed by atoms with Crippen molar-refractivity contribution in [3.63, 3.8) is 0 Å². The van der Waals surface area contributed by atoms with Crippen molar-refractivity contribution in [2.45, 2.75) is 51.4 Å². The van der Waals surface area contributed by atoms with Crippen LogP contribution < -0.4 is 0 Å². The first-order valence-electron chi connectivity index (χ1n) is 6.09. The number of hydrogen-bond acceptors (Lipinski definition) is 2. The zero-order chi connectivity index (χ0) is 11.1. The predicted molar refractivity (Wildman–Crippen MR) is 58.6 cm³/mol. The molecular formula is C12H22O3. The smallest absolute Gasteiger partial charge is 0.306 e. The van der Waals surface area contributed by atoms with Crippen LogP contribution in [0.15, 0.2) is 0 Å². The van der Waals surface area contributed by atoms with E-state index in [1.165, 1.54) is 19.3 Å². The minimum atomic E-state index is -0.639. The van der Waals surface area contributed by atoms with Crippen molar-refractivity contribution in [1.29, 1.82) is 0 Å². The zero-order valence-corrected chi connectivity index (χ0v) is 9.32. The number of carbonyl (C=O) groups is 1. The number of hydrogen-bond donors (Lipinski definition) is 2. The summed E-state index contributed by atoms with van der Waals surface area (Å²) in [7, 11) is 0. The Hall–Kier alpha value is -0.570. The van der Waals surface area contributed by atoms with Crippen molar-refractivity contribution in [3.05, 3.63) is 0 Å². The first kappa shape index (κ1) is 12.5. The normalized spacial score (nSPS) is 20.1. The average molecular weight is 214 g/mol. The molecular weight excluding hydrogens is 192 g/mol. The van der Waals surface area contributed by atoms with Crippen LogP contribution in [0.1, 0.15) is 51.4 Å². The highest BCUT2D eigenvalue weighted by molar-refractivity contribution is 5.70. The quantitative estimate of drug-likeness (QED) is 0.668. The Balaban J connectivity index is 2.37. The summed E-state index contributed by atoms with van der Waals surface area (Å²) in [6.45, 7) is 0.178. The molecule has 15 heavy (non-hydrogen) atoms. The first-order valence-corrected chi connectivity index (χ1v) is 6.09. The van der Waals surface area contributed by atoms with Crippen molar-refractivity contribution in [1.82, 2.24) is 0 Å². The third-order valence-electron chi connectivity index (χ3n) is 3.46. The van der Waals surface area contributed by atoms with Crippen LogP contribution in [-0.4, -0.2) is 22.8 Å². The topological polar surface area (TPSA) is 57.5 Å². The van der Waals surface area contributed by atoms with Crippen molar-refractivity contribution in [3.8, 4) is 0 Å². The number of aliphatic carboxylic acids is 1. The Labute approximate surface area is 91.5 Å². The Morgan fingerprint density at radius 2 is 1.87 bits per heavy atom. The summed E-state index contributed by atoms with van der Waals surface area (Å²) in [4.78, 5) is 11.1. The van der Waals surface area contributed by atoms with E-state index in [9.17, 15) is 4.79 Å². The standard InChI is InChI=1S/C12H22O3/c13-9-5-4-8-11(12(14)15)10-6-2-1-3-7-10/h10-11,13H,1-9H2,(H,14,15). The highest BCUT2D eigenvalue weighted by atomic mass is 16.4. The molecule has 1 saturated carbocycles. The number of carboxylic acid groups (broad SMARTS) is 1. The predicted octanol–water partition coefficient (Wildman–Crippen LogP) is 2.43. The van der Waals surface area contributed by atoms with Gasteiger partial charge in [0.25, 0.3) is 0 Å². The molecule has 1 aliphatic carbocycles. The number of aliphatic hydroxyl groups excluding tert-OH is 1. The lowest BCUT2D eigenvalue weighted by atomic mass is 9.78. The van der Waals surface area contributed by atoms with E-state index >= 15 is 0 Å². The van der Waals surface area contributed by atoms with Gasteiger partial charge in [-0.1, -0.05) is 25.7 Å². The lowest BCUT2D eigenvalue weighted by molar-refractivity contribution is -0.144. The van der Waals surface area contributed by atoms with Gasteiger partial charge in [0.2, 0.25) is 0 Å². The van der Waals surface area contributed by atoms with Gasteiger partial charge in [-0.15, -0.1) is 0 Å². The SMILES string of the molecule is O=C(O)C(CCCCO)C1CCCCC1. The second-order valence-corrected chi connectivity index (χ2v) is 4.56. The largest absolute Gasteiger partial charge is 0.481 e. The van der Waals surface area contributed by atoms with E-state index in [0.29, 0.717) is 5.92 Å². The molecule has 0 heterocycles. The van der Waals surface area contributed by atoms with Gasteiger partial charge in [-0.2, -0.15) is 0 Å². The van der Waals surface area contributed by atoms with Crippen LogP contribution in [0.5, 0.6) is 0 Å². The zero-order valence-electron chi connectivity index (χ0n) is 9.32. The maximum atomic E-state index is 11.1. The van der Waals surface area contributed by atoms with Gasteiger partial charge in [-0.3, -0.25) is 4.79 Å². The highest BCUT2D eigenvalue weighted by Gasteiger charge is 2.28. The summed E-state index contributed by atoms with van der Waals surface area (Å²) >= 11 is 0. The van der Waals surface area contributed by atoms with Crippen molar-refractivity contribution in [2.24, 2.45) is 11.8 Å². The van der Waals surface area contributed by atoms with Gasteiger partial charge in [0.05, 0.1) is 5.92 Å². The Kier molecular flexibility index (Phi) is 5.69. The van der Waals surface area contributed by atoms with Crippen LogP contribution in [0.4, 0.5) is 0 Å². The van der Waals surface area contributed by atoms with Crippen molar-refractivity contribution in [2.75, 3.05) is 6.61 Å². The van der Waals surface area contributed by atoms with Crippen LogP contribution in [0.3, 0.4) is 0 Å². The minimum absolute atomic E-state index is 0.170. The van der Waals surface area contributed by atoms with E-state index in [4.69, 9.17) is 10.2 Å². The molecule has 1 fully saturated rings. The Bertz CT molecular complexity index is 185. The molecule has 0 aromatic carbocycles. The molecule has 1 rings (SSSR count). The maximum absolute atomic E-state index is 11.1. The van der Waals surface area contributed by atoms with Gasteiger partial charge < -0.3 is 10.2 Å². The number of rotatable bonds is 6. The van der Waals surface area contributed by atoms with E-state index in [-0.39, 0.29) is 12.5 Å². The summed E-state index contributed by atoms with van der Waals surface area (Å²) in [5.41, 5.74) is 0. The highest BCUT2D eigenvalue weighted by Crippen LogP contribution is 2.32. The fraction of sp³-hybridized carbons (Fsp3) is 0.917. The summed E-state index contributed by atoms with van der Waals surface area (Å²) in [6.07, 6.45) is 8.11. The molecule has 0 amide bonds. The molecule has 0 saturated heterocycles. The summed E-state index contributed by atoms with van der Waals surface area (Å²) in [5, 5.41) is 17.8. The van der Waals surface area contributed by atoms with Gasteiger partial charge in [0.1, 0.15) is 0 Å². The van der Waals surface area contributed by atoms with Gasteiger partial charge in [-0.25, -0.2) is 0 Å². The molecule has 3 heteroatoms. The third-order valence-corrected chi connectivity index (χ3v) is 3.46. The van der Waals surface area contributed by atoms with Crippen LogP contribution in [0.2, 0.25) is 0 Å². The molecule has 1 atom stereocenters. The number of aliphatic hydroxyl groups is 1. The lowest BCUT2D eigenvalue weighted by Gasteiger charge is -2.27. The molecule has 1 unspecified atom stereocenters. The molecule has 0 aliphatic heterocycles. The van der Waals surface area contributed by atoms with Crippen molar-refractivity contribution >= 4 is 5.97 Å².